The summed E-state index contributed by atoms with van der Waals surface area (Å²) in [7, 11) is -0.554. The molecule has 0 spiro atoms. The Morgan fingerprint density at radius 3 is 2.21 bits per heavy atom. The molecule has 1 aliphatic heterocycles. The maximum Gasteiger partial charge on any atom is 0.496 e. The molecule has 1 aromatic rings. The number of anilines is 1. The molecule has 0 bridgehead atoms. The molecule has 1 saturated heterocycles. The van der Waals surface area contributed by atoms with Crippen molar-refractivity contribution in [1.29, 1.82) is 0 Å². The van der Waals surface area contributed by atoms with Gasteiger partial charge >= 0.3 is 7.12 Å². The SMILES string of the molecule is CC1(C)OB(c2cnc(C(N)=O)c(N)c2)OC1(C)C. The Morgan fingerprint density at radius 2 is 1.79 bits per heavy atom. The molecule has 0 atom stereocenters. The summed E-state index contributed by atoms with van der Waals surface area (Å²) >= 11 is 0. The number of rotatable bonds is 2. The zero-order valence-electron chi connectivity index (χ0n) is 11.6. The van der Waals surface area contributed by atoms with E-state index in [1.165, 1.54) is 6.20 Å². The minimum absolute atomic E-state index is 0.0558. The number of nitrogens with two attached hydrogens (primary N) is 2. The molecule has 0 saturated carbocycles. The predicted octanol–water partition coefficient (Wildman–Crippen LogP) is 0.0619. The highest BCUT2D eigenvalue weighted by Gasteiger charge is 2.51. The highest BCUT2D eigenvalue weighted by molar-refractivity contribution is 6.62. The van der Waals surface area contributed by atoms with Crippen LogP contribution < -0.4 is 16.9 Å². The molecule has 7 heteroatoms. The molecule has 1 amide bonds. The first-order valence-corrected chi connectivity index (χ1v) is 6.05. The van der Waals surface area contributed by atoms with Crippen molar-refractivity contribution in [3.8, 4) is 0 Å². The first-order chi connectivity index (χ1) is 8.64. The van der Waals surface area contributed by atoms with Crippen LogP contribution in [0.5, 0.6) is 0 Å². The van der Waals surface area contributed by atoms with Crippen molar-refractivity contribution in [3.63, 3.8) is 0 Å². The molecule has 4 N–H and O–H groups in total. The molecule has 2 rings (SSSR count). The minimum Gasteiger partial charge on any atom is -0.399 e. The van der Waals surface area contributed by atoms with Crippen molar-refractivity contribution in [1.82, 2.24) is 4.98 Å². The summed E-state index contributed by atoms with van der Waals surface area (Å²) < 4.78 is 11.7. The summed E-state index contributed by atoms with van der Waals surface area (Å²) in [6.45, 7) is 7.84. The van der Waals surface area contributed by atoms with E-state index in [0.717, 1.165) is 0 Å². The maximum atomic E-state index is 11.1. The van der Waals surface area contributed by atoms with Crippen LogP contribution in [-0.4, -0.2) is 29.2 Å². The van der Waals surface area contributed by atoms with Gasteiger partial charge in [0.05, 0.1) is 16.9 Å². The number of primary amides is 1. The van der Waals surface area contributed by atoms with Crippen molar-refractivity contribution in [2.75, 3.05) is 5.73 Å². The lowest BCUT2D eigenvalue weighted by atomic mass is 9.80. The standard InChI is InChI=1S/C12H18BN3O3/c1-11(2)12(3,4)19-13(18-11)7-5-8(14)9(10(15)17)16-6-7/h5-6H,14H2,1-4H3,(H2,15,17). The van der Waals surface area contributed by atoms with Crippen molar-refractivity contribution < 1.29 is 14.1 Å². The van der Waals surface area contributed by atoms with E-state index in [1.807, 2.05) is 27.7 Å². The third kappa shape index (κ3) is 2.31. The average Bonchev–Trinajstić information content (AvgIpc) is 2.47. The molecule has 0 aliphatic carbocycles. The van der Waals surface area contributed by atoms with Gasteiger partial charge in [-0.05, 0) is 33.8 Å². The monoisotopic (exact) mass is 263 g/mol. The van der Waals surface area contributed by atoms with E-state index in [4.69, 9.17) is 20.8 Å². The van der Waals surface area contributed by atoms with Crippen LogP contribution in [0, 0.1) is 0 Å². The summed E-state index contributed by atoms with van der Waals surface area (Å²) in [6, 6.07) is 1.61. The van der Waals surface area contributed by atoms with Crippen LogP contribution >= 0.6 is 0 Å². The van der Waals surface area contributed by atoms with Crippen LogP contribution in [0.15, 0.2) is 12.3 Å². The fourth-order valence-electron chi connectivity index (χ4n) is 1.81. The van der Waals surface area contributed by atoms with E-state index < -0.39 is 24.2 Å². The number of aromatic nitrogens is 1. The van der Waals surface area contributed by atoms with Gasteiger partial charge in [-0.3, -0.25) is 4.79 Å². The van der Waals surface area contributed by atoms with E-state index in [2.05, 4.69) is 4.98 Å². The Balaban J connectivity index is 2.31. The fraction of sp³-hybridized carbons (Fsp3) is 0.500. The van der Waals surface area contributed by atoms with Gasteiger partial charge in [0, 0.05) is 11.7 Å². The van der Waals surface area contributed by atoms with Gasteiger partial charge < -0.3 is 20.8 Å². The molecule has 0 radical (unpaired) electrons. The number of hydrogen-bond acceptors (Lipinski definition) is 5. The number of hydrogen-bond donors (Lipinski definition) is 2. The van der Waals surface area contributed by atoms with Crippen LogP contribution in [-0.2, 0) is 9.31 Å². The van der Waals surface area contributed by atoms with Crippen molar-refractivity contribution in [2.45, 2.75) is 38.9 Å². The Bertz CT molecular complexity index is 515. The molecular weight excluding hydrogens is 245 g/mol. The Hall–Kier alpha value is -1.60. The highest BCUT2D eigenvalue weighted by atomic mass is 16.7. The van der Waals surface area contributed by atoms with Gasteiger partial charge in [-0.2, -0.15) is 0 Å². The topological polar surface area (TPSA) is 100 Å². The molecule has 19 heavy (non-hydrogen) atoms. The molecule has 0 aromatic carbocycles. The predicted molar refractivity (Wildman–Crippen MR) is 72.9 cm³/mol. The highest BCUT2D eigenvalue weighted by Crippen LogP contribution is 2.36. The number of nitrogens with zero attached hydrogens (tertiary/aromatic N) is 1. The molecule has 102 valence electrons. The van der Waals surface area contributed by atoms with Gasteiger partial charge in [-0.25, -0.2) is 4.98 Å². The molecule has 6 nitrogen and oxygen atoms in total. The van der Waals surface area contributed by atoms with Gasteiger partial charge in [0.2, 0.25) is 0 Å². The van der Waals surface area contributed by atoms with E-state index in [9.17, 15) is 4.79 Å². The smallest absolute Gasteiger partial charge is 0.399 e. The summed E-state index contributed by atoms with van der Waals surface area (Å²) in [6.07, 6.45) is 1.50. The summed E-state index contributed by atoms with van der Waals surface area (Å²) in [5, 5.41) is 0. The second-order valence-corrected chi connectivity index (χ2v) is 5.66. The summed E-state index contributed by atoms with van der Waals surface area (Å²) in [5.74, 6) is -0.655. The molecular formula is C12H18BN3O3. The van der Waals surface area contributed by atoms with Crippen molar-refractivity contribution in [2.24, 2.45) is 5.73 Å². The van der Waals surface area contributed by atoms with E-state index in [-0.39, 0.29) is 11.4 Å². The maximum absolute atomic E-state index is 11.1. The van der Waals surface area contributed by atoms with E-state index >= 15 is 0 Å². The van der Waals surface area contributed by atoms with Crippen molar-refractivity contribution >= 4 is 24.2 Å². The average molecular weight is 263 g/mol. The molecule has 1 aromatic heterocycles. The number of carbonyl (C=O) groups is 1. The summed E-state index contributed by atoms with van der Waals surface area (Å²) in [5.41, 5.74) is 11.0. The van der Waals surface area contributed by atoms with Crippen LogP contribution in [0.1, 0.15) is 38.2 Å². The van der Waals surface area contributed by atoms with E-state index in [0.29, 0.717) is 5.46 Å². The third-order valence-corrected chi connectivity index (χ3v) is 3.70. The lowest BCUT2D eigenvalue weighted by Crippen LogP contribution is -2.41. The lowest BCUT2D eigenvalue weighted by Gasteiger charge is -2.32. The second kappa shape index (κ2) is 4.21. The van der Waals surface area contributed by atoms with Crippen LogP contribution in [0.3, 0.4) is 0 Å². The number of carbonyl (C=O) groups excluding carboxylic acids is 1. The normalized spacial score (nSPS) is 20.5. The summed E-state index contributed by atoms with van der Waals surface area (Å²) in [4.78, 5) is 15.0. The van der Waals surface area contributed by atoms with Gasteiger partial charge in [0.1, 0.15) is 0 Å². The largest absolute Gasteiger partial charge is 0.496 e. The number of pyridine rings is 1. The van der Waals surface area contributed by atoms with Gasteiger partial charge in [-0.15, -0.1) is 0 Å². The van der Waals surface area contributed by atoms with Crippen LogP contribution in [0.4, 0.5) is 5.69 Å². The zero-order chi connectivity index (χ0) is 14.4. The van der Waals surface area contributed by atoms with Crippen LogP contribution in [0.25, 0.3) is 0 Å². The first kappa shape index (κ1) is 13.8. The molecule has 1 fully saturated rings. The Kier molecular flexibility index (Phi) is 3.06. The van der Waals surface area contributed by atoms with Gasteiger partial charge in [0.15, 0.2) is 5.69 Å². The number of amides is 1. The quantitative estimate of drug-likeness (QED) is 0.735. The van der Waals surface area contributed by atoms with E-state index in [1.54, 1.807) is 6.07 Å². The Labute approximate surface area is 112 Å². The fourth-order valence-corrected chi connectivity index (χ4v) is 1.81. The first-order valence-electron chi connectivity index (χ1n) is 6.05. The third-order valence-electron chi connectivity index (χ3n) is 3.70. The minimum atomic E-state index is -0.655. The molecule has 1 aliphatic rings. The molecule has 2 heterocycles. The van der Waals surface area contributed by atoms with Crippen molar-refractivity contribution in [3.05, 3.63) is 18.0 Å². The second-order valence-electron chi connectivity index (χ2n) is 5.66. The van der Waals surface area contributed by atoms with Gasteiger partial charge in [0.25, 0.3) is 5.91 Å². The number of nitrogen functional groups attached to an aromatic ring is 1. The Morgan fingerprint density at radius 1 is 1.26 bits per heavy atom. The van der Waals surface area contributed by atoms with Crippen LogP contribution in [0.2, 0.25) is 0 Å². The zero-order valence-corrected chi connectivity index (χ0v) is 11.6. The molecule has 0 unspecified atom stereocenters. The lowest BCUT2D eigenvalue weighted by molar-refractivity contribution is 0.00578. The van der Waals surface area contributed by atoms with Gasteiger partial charge in [-0.1, -0.05) is 0 Å².